The van der Waals surface area contributed by atoms with Gasteiger partial charge < -0.3 is 9.84 Å². The molecule has 6 heteroatoms. The molecule has 0 spiro atoms. The van der Waals surface area contributed by atoms with Gasteiger partial charge >= 0.3 is 5.97 Å². The number of carboxylic acid groups (broad SMARTS) is 1. The number of nitrogens with zero attached hydrogens (tertiary/aromatic N) is 1. The second-order valence-electron chi connectivity index (χ2n) is 3.08. The lowest BCUT2D eigenvalue weighted by atomic mass is 10.1. The Kier molecular flexibility index (Phi) is 3.44. The van der Waals surface area contributed by atoms with Crippen molar-refractivity contribution in [2.24, 2.45) is 0 Å². The second kappa shape index (κ2) is 4.61. The molecule has 0 amide bonds. The number of benzene rings is 1. The van der Waals surface area contributed by atoms with Gasteiger partial charge in [0.1, 0.15) is 11.3 Å². The highest BCUT2D eigenvalue weighted by Gasteiger charge is 2.22. The number of carbonyl (C=O) groups is 1. The predicted octanol–water partition coefficient (Wildman–Crippen LogP) is 2.00. The van der Waals surface area contributed by atoms with Crippen LogP contribution in [-0.4, -0.2) is 22.6 Å². The minimum atomic E-state index is -1.23. The Bertz CT molecular complexity index is 441. The zero-order valence-corrected chi connectivity index (χ0v) is 8.89. The molecule has 0 bridgehead atoms. The van der Waals surface area contributed by atoms with Crippen LogP contribution >= 0.6 is 0 Å². The number of rotatable bonds is 4. The molecule has 1 rings (SSSR count). The first-order chi connectivity index (χ1) is 7.49. The van der Waals surface area contributed by atoms with Crippen LogP contribution in [-0.2, 0) is 0 Å². The maximum Gasteiger partial charge on any atom is 0.340 e. The molecule has 0 heterocycles. The summed E-state index contributed by atoms with van der Waals surface area (Å²) in [6.45, 7) is 3.41. The molecule has 16 heavy (non-hydrogen) atoms. The molecule has 0 saturated carbocycles. The van der Waals surface area contributed by atoms with E-state index in [1.165, 1.54) is 19.1 Å². The first-order valence-corrected chi connectivity index (χ1v) is 4.63. The van der Waals surface area contributed by atoms with Gasteiger partial charge in [-0.05, 0) is 19.9 Å². The minimum absolute atomic E-state index is 0.100. The lowest BCUT2D eigenvalue weighted by Crippen LogP contribution is -2.07. The predicted molar refractivity (Wildman–Crippen MR) is 56.0 cm³/mol. The summed E-state index contributed by atoms with van der Waals surface area (Å²) in [4.78, 5) is 21.0. The van der Waals surface area contributed by atoms with Gasteiger partial charge in [-0.3, -0.25) is 10.1 Å². The summed E-state index contributed by atoms with van der Waals surface area (Å²) < 4.78 is 5.11. The fraction of sp³-hybridized carbons (Fsp3) is 0.300. The molecule has 0 aliphatic carbocycles. The Morgan fingerprint density at radius 2 is 2.19 bits per heavy atom. The Labute approximate surface area is 91.6 Å². The molecule has 1 aromatic carbocycles. The van der Waals surface area contributed by atoms with E-state index in [1.54, 1.807) is 6.92 Å². The minimum Gasteiger partial charge on any atom is -0.493 e. The average molecular weight is 225 g/mol. The van der Waals surface area contributed by atoms with Crippen LogP contribution in [0.1, 0.15) is 22.8 Å². The van der Waals surface area contributed by atoms with E-state index in [0.717, 1.165) is 0 Å². The number of hydrogen-bond donors (Lipinski definition) is 1. The van der Waals surface area contributed by atoms with Crippen molar-refractivity contribution in [2.75, 3.05) is 6.61 Å². The first kappa shape index (κ1) is 12.0. The summed E-state index contributed by atoms with van der Waals surface area (Å²) in [7, 11) is 0. The van der Waals surface area contributed by atoms with Crippen molar-refractivity contribution in [2.45, 2.75) is 13.8 Å². The summed E-state index contributed by atoms with van der Waals surface area (Å²) >= 11 is 0. The Hall–Kier alpha value is -2.11. The van der Waals surface area contributed by atoms with Gasteiger partial charge in [0.25, 0.3) is 5.69 Å². The molecule has 1 N–H and O–H groups in total. The van der Waals surface area contributed by atoms with E-state index in [9.17, 15) is 14.9 Å². The van der Waals surface area contributed by atoms with Crippen LogP contribution in [0.4, 0.5) is 5.69 Å². The number of hydrogen-bond acceptors (Lipinski definition) is 4. The molecule has 0 aliphatic heterocycles. The van der Waals surface area contributed by atoms with Gasteiger partial charge in [-0.2, -0.15) is 0 Å². The first-order valence-electron chi connectivity index (χ1n) is 4.63. The van der Waals surface area contributed by atoms with Crippen molar-refractivity contribution >= 4 is 11.7 Å². The highest BCUT2D eigenvalue weighted by atomic mass is 16.6. The molecular formula is C10H11NO5. The van der Waals surface area contributed by atoms with Gasteiger partial charge in [-0.25, -0.2) is 4.79 Å². The van der Waals surface area contributed by atoms with E-state index in [-0.39, 0.29) is 22.6 Å². The molecule has 0 aromatic heterocycles. The lowest BCUT2D eigenvalue weighted by molar-refractivity contribution is -0.385. The molecule has 0 atom stereocenters. The molecule has 0 aliphatic rings. The van der Waals surface area contributed by atoms with Crippen molar-refractivity contribution < 1.29 is 19.6 Å². The maximum atomic E-state index is 11.0. The second-order valence-corrected chi connectivity index (χ2v) is 3.08. The number of nitro benzene ring substituents is 1. The fourth-order valence-electron chi connectivity index (χ4n) is 1.42. The van der Waals surface area contributed by atoms with Crippen LogP contribution in [0.5, 0.6) is 5.75 Å². The van der Waals surface area contributed by atoms with Crippen molar-refractivity contribution in [1.29, 1.82) is 0 Å². The van der Waals surface area contributed by atoms with Crippen LogP contribution in [0, 0.1) is 17.0 Å². The van der Waals surface area contributed by atoms with Crippen LogP contribution in [0.15, 0.2) is 12.1 Å². The monoisotopic (exact) mass is 225 g/mol. The van der Waals surface area contributed by atoms with Crippen LogP contribution < -0.4 is 4.74 Å². The van der Waals surface area contributed by atoms with E-state index in [2.05, 4.69) is 0 Å². The van der Waals surface area contributed by atoms with Crippen molar-refractivity contribution in [3.8, 4) is 5.75 Å². The fourth-order valence-corrected chi connectivity index (χ4v) is 1.42. The smallest absolute Gasteiger partial charge is 0.340 e. The van der Waals surface area contributed by atoms with E-state index in [0.29, 0.717) is 6.61 Å². The lowest BCUT2D eigenvalue weighted by Gasteiger charge is -2.09. The third-order valence-electron chi connectivity index (χ3n) is 2.11. The largest absolute Gasteiger partial charge is 0.493 e. The highest BCUT2D eigenvalue weighted by Crippen LogP contribution is 2.29. The third-order valence-corrected chi connectivity index (χ3v) is 2.11. The zero-order valence-electron chi connectivity index (χ0n) is 8.89. The number of nitro groups is 1. The molecule has 0 saturated heterocycles. The highest BCUT2D eigenvalue weighted by molar-refractivity contribution is 5.93. The van der Waals surface area contributed by atoms with Gasteiger partial charge in [0.15, 0.2) is 0 Å². The summed E-state index contributed by atoms with van der Waals surface area (Å²) in [6, 6.07) is 2.55. The number of aromatic carboxylic acids is 1. The topological polar surface area (TPSA) is 89.7 Å². The van der Waals surface area contributed by atoms with E-state index >= 15 is 0 Å². The Morgan fingerprint density at radius 3 is 2.62 bits per heavy atom. The van der Waals surface area contributed by atoms with E-state index in [4.69, 9.17) is 9.84 Å². The van der Waals surface area contributed by atoms with E-state index < -0.39 is 10.9 Å². The van der Waals surface area contributed by atoms with Crippen molar-refractivity contribution in [1.82, 2.24) is 0 Å². The van der Waals surface area contributed by atoms with Gasteiger partial charge in [0.2, 0.25) is 0 Å². The van der Waals surface area contributed by atoms with Crippen LogP contribution in [0.25, 0.3) is 0 Å². The van der Waals surface area contributed by atoms with Crippen molar-refractivity contribution in [3.63, 3.8) is 0 Å². The molecular weight excluding hydrogens is 214 g/mol. The standard InChI is InChI=1S/C10H11NO5/c1-3-16-8-5-4-7(11(14)15)6(2)9(8)10(12)13/h4-5H,3H2,1-2H3,(H,12,13). The molecule has 0 radical (unpaired) electrons. The SMILES string of the molecule is CCOc1ccc([N+](=O)[O-])c(C)c1C(=O)O. The van der Waals surface area contributed by atoms with Gasteiger partial charge in [0.05, 0.1) is 11.5 Å². The van der Waals surface area contributed by atoms with Gasteiger partial charge in [0, 0.05) is 11.6 Å². The summed E-state index contributed by atoms with van der Waals surface area (Å²) in [6.07, 6.45) is 0. The average Bonchev–Trinajstić information content (AvgIpc) is 2.17. The third kappa shape index (κ3) is 2.10. The molecule has 1 aromatic rings. The zero-order chi connectivity index (χ0) is 12.3. The van der Waals surface area contributed by atoms with Crippen LogP contribution in [0.2, 0.25) is 0 Å². The number of carboxylic acids is 1. The number of ether oxygens (including phenoxy) is 1. The maximum absolute atomic E-state index is 11.0. The Balaban J connectivity index is 3.41. The van der Waals surface area contributed by atoms with Crippen LogP contribution in [0.3, 0.4) is 0 Å². The quantitative estimate of drug-likeness (QED) is 0.625. The normalized spacial score (nSPS) is 9.88. The van der Waals surface area contributed by atoms with Gasteiger partial charge in [-0.15, -0.1) is 0 Å². The Morgan fingerprint density at radius 1 is 1.56 bits per heavy atom. The molecule has 86 valence electrons. The molecule has 0 unspecified atom stereocenters. The van der Waals surface area contributed by atoms with Crippen molar-refractivity contribution in [3.05, 3.63) is 33.4 Å². The molecule has 0 fully saturated rings. The summed E-state index contributed by atoms with van der Waals surface area (Å²) in [5, 5.41) is 19.6. The summed E-state index contributed by atoms with van der Waals surface area (Å²) in [5.41, 5.74) is -0.277. The molecule has 6 nitrogen and oxygen atoms in total. The van der Waals surface area contributed by atoms with E-state index in [1.807, 2.05) is 0 Å². The summed E-state index contributed by atoms with van der Waals surface area (Å²) in [5.74, 6) is -1.08. The van der Waals surface area contributed by atoms with Gasteiger partial charge in [-0.1, -0.05) is 0 Å².